The van der Waals surface area contributed by atoms with Crippen LogP contribution in [0.5, 0.6) is 0 Å². The fourth-order valence-electron chi connectivity index (χ4n) is 7.40. The number of benzene rings is 2. The highest BCUT2D eigenvalue weighted by Gasteiger charge is 2.32. The third-order valence-electron chi connectivity index (χ3n) is 11.1. The van der Waals surface area contributed by atoms with E-state index in [-0.39, 0.29) is 36.2 Å². The Morgan fingerprint density at radius 1 is 0.726 bits per heavy atom. The molecule has 5 heterocycles. The normalized spacial score (nSPS) is 13.8. The first-order chi connectivity index (χ1) is 30.2. The number of aromatic nitrogens is 4. The summed E-state index contributed by atoms with van der Waals surface area (Å²) < 4.78 is 14.0. The molecule has 14 heteroatoms. The first-order valence-electron chi connectivity index (χ1n) is 21.9. The number of rotatable bonds is 23. The number of imidazole rings is 1. The quantitative estimate of drug-likeness (QED) is 0.0593. The second-order valence-corrected chi connectivity index (χ2v) is 16.8. The number of amides is 2. The molecule has 6 aromatic rings. The van der Waals surface area contributed by atoms with Crippen LogP contribution in [0.4, 0.5) is 0 Å². The van der Waals surface area contributed by atoms with Gasteiger partial charge in [0.15, 0.2) is 16.5 Å². The Hall–Kier alpha value is -5.73. The van der Waals surface area contributed by atoms with Gasteiger partial charge in [0, 0.05) is 73.4 Å². The van der Waals surface area contributed by atoms with Crippen molar-refractivity contribution >= 4 is 39.7 Å². The summed E-state index contributed by atoms with van der Waals surface area (Å²) in [5, 5.41) is 8.21. The number of carbonyl (C=O) groups is 4. The summed E-state index contributed by atoms with van der Waals surface area (Å²) in [4.78, 5) is 64.7. The zero-order valence-electron chi connectivity index (χ0n) is 36.1. The van der Waals surface area contributed by atoms with E-state index >= 15 is 0 Å². The fourth-order valence-corrected chi connectivity index (χ4v) is 8.25. The standard InChI is InChI=1S/C25H28N4O3S.C23H31N3O3/c1-2-20(30)11-7-4-8-12-21(24-27-16-22(32-24)18-9-5-3-6-10-18)28-23(31)15-19-17-33-25-26-13-14-29(19)25;1-3-19(27)12-8-5-9-13-20(25-22(28)18-15-26(2)16-18)23-24-14-21(29-23)17-10-6-4-7-11-17/h3,5-6,9-10,13-14,16-17,21H,2,4,7-8,11-12,15H2,1H3,(H,28,31);4,6-7,10-11,14,18,20H,3,5,8-9,12-13,15-16H2,1-2H3,(H,25,28)/t21-;20-/m00/s1. The summed E-state index contributed by atoms with van der Waals surface area (Å²) in [5.74, 6) is 3.05. The van der Waals surface area contributed by atoms with Crippen LogP contribution in [0.2, 0.25) is 0 Å². The average molecular weight is 862 g/mol. The van der Waals surface area contributed by atoms with Gasteiger partial charge in [-0.15, -0.1) is 11.3 Å². The molecule has 2 aromatic carbocycles. The maximum atomic E-state index is 12.9. The molecule has 0 unspecified atom stereocenters. The number of unbranched alkanes of at least 4 members (excludes halogenated alkanes) is 4. The van der Waals surface area contributed by atoms with E-state index in [0.717, 1.165) is 79.8 Å². The van der Waals surface area contributed by atoms with Crippen molar-refractivity contribution in [1.29, 1.82) is 0 Å². The third kappa shape index (κ3) is 13.4. The molecule has 4 aromatic heterocycles. The molecular weight excluding hydrogens is 803 g/mol. The van der Waals surface area contributed by atoms with Gasteiger partial charge in [-0.3, -0.25) is 23.6 Å². The lowest BCUT2D eigenvalue weighted by Crippen LogP contribution is -2.52. The molecule has 1 aliphatic heterocycles. The number of oxazole rings is 2. The number of likely N-dealkylation sites (tertiary alicyclic amines) is 1. The molecule has 0 saturated carbocycles. The van der Waals surface area contributed by atoms with Crippen LogP contribution in [0.15, 0.2) is 99.7 Å². The number of fused-ring (bicyclic) bond motifs is 1. The number of ketones is 2. The lowest BCUT2D eigenvalue weighted by Gasteiger charge is -2.35. The molecule has 328 valence electrons. The lowest BCUT2D eigenvalue weighted by molar-refractivity contribution is -0.130. The minimum Gasteiger partial charge on any atom is -0.438 e. The first kappa shape index (κ1) is 45.8. The van der Waals surface area contributed by atoms with E-state index in [0.29, 0.717) is 67.0 Å². The predicted octanol–water partition coefficient (Wildman–Crippen LogP) is 9.37. The largest absolute Gasteiger partial charge is 0.438 e. The molecule has 0 bridgehead atoms. The van der Waals surface area contributed by atoms with Crippen LogP contribution in [0, 0.1) is 5.92 Å². The van der Waals surface area contributed by atoms with Crippen molar-refractivity contribution in [3.8, 4) is 22.6 Å². The summed E-state index contributed by atoms with van der Waals surface area (Å²) in [5.41, 5.74) is 2.81. The Morgan fingerprint density at radius 3 is 1.77 bits per heavy atom. The lowest BCUT2D eigenvalue weighted by atomic mass is 9.99. The van der Waals surface area contributed by atoms with Gasteiger partial charge in [0.05, 0.1) is 24.7 Å². The van der Waals surface area contributed by atoms with Crippen molar-refractivity contribution in [3.63, 3.8) is 0 Å². The number of hydrogen-bond donors (Lipinski definition) is 2. The summed E-state index contributed by atoms with van der Waals surface area (Å²) in [6.07, 6.45) is 16.6. The minimum absolute atomic E-state index is 0.0354. The molecular formula is C48H59N7O6S. The highest BCUT2D eigenvalue weighted by Crippen LogP contribution is 2.28. The van der Waals surface area contributed by atoms with Gasteiger partial charge in [-0.1, -0.05) is 100 Å². The number of hydrogen-bond acceptors (Lipinski definition) is 11. The third-order valence-corrected chi connectivity index (χ3v) is 12.0. The maximum absolute atomic E-state index is 12.9. The first-order valence-corrected chi connectivity index (χ1v) is 22.8. The molecule has 0 spiro atoms. The van der Waals surface area contributed by atoms with Gasteiger partial charge < -0.3 is 24.4 Å². The van der Waals surface area contributed by atoms with Crippen LogP contribution in [-0.4, -0.2) is 67.8 Å². The average Bonchev–Trinajstić information content (AvgIpc) is 4.12. The van der Waals surface area contributed by atoms with Gasteiger partial charge in [0.2, 0.25) is 23.6 Å². The van der Waals surface area contributed by atoms with E-state index in [2.05, 4.69) is 30.5 Å². The summed E-state index contributed by atoms with van der Waals surface area (Å²) in [6.45, 7) is 5.38. The highest BCUT2D eigenvalue weighted by molar-refractivity contribution is 7.15. The zero-order chi connectivity index (χ0) is 43.7. The minimum atomic E-state index is -0.325. The van der Waals surface area contributed by atoms with Gasteiger partial charge in [-0.25, -0.2) is 15.0 Å². The van der Waals surface area contributed by atoms with E-state index in [1.165, 1.54) is 11.3 Å². The summed E-state index contributed by atoms with van der Waals surface area (Å²) in [6, 6.07) is 19.1. The number of nitrogens with one attached hydrogen (secondary N) is 2. The van der Waals surface area contributed by atoms with Crippen LogP contribution >= 0.6 is 11.3 Å². The molecule has 2 amide bonds. The topological polar surface area (TPSA) is 165 Å². The highest BCUT2D eigenvalue weighted by atomic mass is 32.1. The summed E-state index contributed by atoms with van der Waals surface area (Å²) in [7, 11) is 2.01. The SMILES string of the molecule is CCC(=O)CCCCC[C@H](NC(=O)C1CN(C)C1)c1ncc(-c2ccccc2)o1.CCC(=O)CCCCC[C@H](NC(=O)Cc1csc2nccn12)c1ncc(-c2ccccc2)o1. The Morgan fingerprint density at radius 2 is 1.26 bits per heavy atom. The molecule has 1 aliphatic rings. The monoisotopic (exact) mass is 861 g/mol. The van der Waals surface area contributed by atoms with Crippen LogP contribution in [0.25, 0.3) is 27.6 Å². The van der Waals surface area contributed by atoms with Crippen LogP contribution in [0.3, 0.4) is 0 Å². The van der Waals surface area contributed by atoms with Crippen LogP contribution in [0.1, 0.15) is 120 Å². The molecule has 13 nitrogen and oxygen atoms in total. The number of thiazole rings is 1. The van der Waals surface area contributed by atoms with E-state index in [9.17, 15) is 19.2 Å². The molecule has 2 atom stereocenters. The number of nitrogens with zero attached hydrogens (tertiary/aromatic N) is 5. The number of Topliss-reactive ketones (excluding diaryl/α,β-unsaturated/α-hetero) is 2. The van der Waals surface area contributed by atoms with Crippen molar-refractivity contribution in [2.24, 2.45) is 5.92 Å². The maximum Gasteiger partial charge on any atom is 0.226 e. The van der Waals surface area contributed by atoms with Gasteiger partial charge in [0.1, 0.15) is 23.7 Å². The van der Waals surface area contributed by atoms with E-state index in [1.54, 1.807) is 18.6 Å². The van der Waals surface area contributed by atoms with Gasteiger partial charge in [-0.2, -0.15) is 0 Å². The predicted molar refractivity (Wildman–Crippen MR) is 240 cm³/mol. The van der Waals surface area contributed by atoms with Crippen molar-refractivity contribution in [3.05, 3.63) is 108 Å². The molecule has 2 N–H and O–H groups in total. The van der Waals surface area contributed by atoms with Crippen molar-refractivity contribution < 1.29 is 28.0 Å². The Labute approximate surface area is 367 Å². The number of carbonyl (C=O) groups excluding carboxylic acids is 4. The van der Waals surface area contributed by atoms with E-state index in [1.807, 2.05) is 97.5 Å². The Bertz CT molecular complexity index is 2310. The van der Waals surface area contributed by atoms with Crippen molar-refractivity contribution in [1.82, 2.24) is 34.9 Å². The fraction of sp³-hybridized carbons (Fsp3) is 0.438. The zero-order valence-corrected chi connectivity index (χ0v) is 36.9. The van der Waals surface area contributed by atoms with Crippen molar-refractivity contribution in [2.45, 2.75) is 109 Å². The van der Waals surface area contributed by atoms with Gasteiger partial charge >= 0.3 is 0 Å². The molecule has 0 radical (unpaired) electrons. The van der Waals surface area contributed by atoms with Crippen LogP contribution in [-0.2, 0) is 25.6 Å². The molecule has 7 rings (SSSR count). The van der Waals surface area contributed by atoms with E-state index in [4.69, 9.17) is 8.83 Å². The van der Waals surface area contributed by atoms with Crippen molar-refractivity contribution in [2.75, 3.05) is 20.1 Å². The second-order valence-electron chi connectivity index (χ2n) is 15.9. The molecule has 1 saturated heterocycles. The molecule has 1 fully saturated rings. The van der Waals surface area contributed by atoms with Gasteiger partial charge in [0.25, 0.3) is 0 Å². The molecule has 62 heavy (non-hydrogen) atoms. The second kappa shape index (κ2) is 23.5. The molecule has 0 aliphatic carbocycles. The smallest absolute Gasteiger partial charge is 0.226 e. The van der Waals surface area contributed by atoms with E-state index < -0.39 is 0 Å². The summed E-state index contributed by atoms with van der Waals surface area (Å²) >= 11 is 1.52. The Kier molecular flexibility index (Phi) is 17.3. The van der Waals surface area contributed by atoms with Crippen LogP contribution < -0.4 is 10.6 Å². The van der Waals surface area contributed by atoms with Gasteiger partial charge in [-0.05, 0) is 32.7 Å². The Balaban J connectivity index is 0.000000209.